The monoisotopic (exact) mass is 415 g/mol. The zero-order valence-corrected chi connectivity index (χ0v) is 17.6. The average molecular weight is 416 g/mol. The smallest absolute Gasteiger partial charge is 0.260 e. The van der Waals surface area contributed by atoms with Gasteiger partial charge in [0, 0.05) is 41.6 Å². The Morgan fingerprint density at radius 3 is 2.90 bits per heavy atom. The SMILES string of the molecule is CC1(C)Cc2cccc(OCC(=O)N3CCSC(c4ccccc4F)CC3)c2O1. The van der Waals surface area contributed by atoms with Crippen LogP contribution in [-0.2, 0) is 11.2 Å². The van der Waals surface area contributed by atoms with Crippen molar-refractivity contribution in [3.8, 4) is 11.5 Å². The minimum atomic E-state index is -0.254. The van der Waals surface area contributed by atoms with E-state index in [1.165, 1.54) is 6.07 Å². The largest absolute Gasteiger partial charge is 0.483 e. The highest BCUT2D eigenvalue weighted by atomic mass is 32.2. The van der Waals surface area contributed by atoms with E-state index in [0.717, 1.165) is 35.5 Å². The zero-order valence-electron chi connectivity index (χ0n) is 16.8. The van der Waals surface area contributed by atoms with Crippen molar-refractivity contribution in [2.75, 3.05) is 25.4 Å². The number of ether oxygens (including phenoxy) is 2. The van der Waals surface area contributed by atoms with Gasteiger partial charge in [-0.1, -0.05) is 30.3 Å². The van der Waals surface area contributed by atoms with Gasteiger partial charge in [-0.3, -0.25) is 4.79 Å². The molecule has 0 saturated carbocycles. The lowest BCUT2D eigenvalue weighted by atomic mass is 10.0. The fourth-order valence-electron chi connectivity index (χ4n) is 3.94. The summed E-state index contributed by atoms with van der Waals surface area (Å²) in [5.74, 6) is 1.93. The van der Waals surface area contributed by atoms with E-state index in [1.54, 1.807) is 17.8 Å². The summed E-state index contributed by atoms with van der Waals surface area (Å²) in [6.45, 7) is 5.32. The molecule has 0 spiro atoms. The molecule has 0 aromatic heterocycles. The van der Waals surface area contributed by atoms with Gasteiger partial charge in [0.05, 0.1) is 0 Å². The molecule has 154 valence electrons. The molecule has 1 unspecified atom stereocenters. The van der Waals surface area contributed by atoms with Crippen LogP contribution >= 0.6 is 11.8 Å². The summed E-state index contributed by atoms with van der Waals surface area (Å²) < 4.78 is 26.0. The van der Waals surface area contributed by atoms with Crippen LogP contribution in [0.5, 0.6) is 11.5 Å². The van der Waals surface area contributed by atoms with Gasteiger partial charge in [0.25, 0.3) is 5.91 Å². The molecule has 2 aromatic rings. The molecular formula is C23H26FNO3S. The van der Waals surface area contributed by atoms with Crippen molar-refractivity contribution in [2.45, 2.75) is 37.5 Å². The summed E-state index contributed by atoms with van der Waals surface area (Å²) in [5, 5.41) is 0.0722. The van der Waals surface area contributed by atoms with Crippen molar-refractivity contribution >= 4 is 17.7 Å². The van der Waals surface area contributed by atoms with Crippen LogP contribution in [0.2, 0.25) is 0 Å². The van der Waals surface area contributed by atoms with Crippen LogP contribution < -0.4 is 9.47 Å². The summed E-state index contributed by atoms with van der Waals surface area (Å²) in [7, 11) is 0. The van der Waals surface area contributed by atoms with Crippen molar-refractivity contribution in [3.63, 3.8) is 0 Å². The third-order valence-electron chi connectivity index (χ3n) is 5.35. The number of fused-ring (bicyclic) bond motifs is 1. The Labute approximate surface area is 175 Å². The van der Waals surface area contributed by atoms with Gasteiger partial charge in [0.2, 0.25) is 0 Å². The second-order valence-corrected chi connectivity index (χ2v) is 9.43. The normalized spacial score (nSPS) is 20.5. The fraction of sp³-hybridized carbons (Fsp3) is 0.435. The van der Waals surface area contributed by atoms with Crippen molar-refractivity contribution in [3.05, 3.63) is 59.4 Å². The number of para-hydroxylation sites is 1. The standard InChI is InChI=1S/C23H26FNO3S/c1-23(2)14-16-6-5-9-19(22(16)28-23)27-15-21(26)25-11-10-20(29-13-12-25)17-7-3-4-8-18(17)24/h3-9,20H,10-15H2,1-2H3. The molecule has 0 radical (unpaired) electrons. The number of thioether (sulfide) groups is 1. The number of amides is 1. The van der Waals surface area contributed by atoms with Gasteiger partial charge >= 0.3 is 0 Å². The highest BCUT2D eigenvalue weighted by Crippen LogP contribution is 2.41. The first-order valence-corrected chi connectivity index (χ1v) is 11.1. The maximum absolute atomic E-state index is 14.1. The molecule has 2 aromatic carbocycles. The summed E-state index contributed by atoms with van der Waals surface area (Å²) in [4.78, 5) is 14.6. The van der Waals surface area contributed by atoms with Crippen molar-refractivity contribution in [1.82, 2.24) is 4.90 Å². The van der Waals surface area contributed by atoms with Crippen LogP contribution in [0.3, 0.4) is 0 Å². The number of hydrogen-bond donors (Lipinski definition) is 0. The molecule has 1 saturated heterocycles. The lowest BCUT2D eigenvalue weighted by Crippen LogP contribution is -2.36. The Morgan fingerprint density at radius 1 is 1.24 bits per heavy atom. The van der Waals surface area contributed by atoms with E-state index < -0.39 is 0 Å². The minimum Gasteiger partial charge on any atom is -0.483 e. The molecule has 29 heavy (non-hydrogen) atoms. The minimum absolute atomic E-state index is 0.0186. The summed E-state index contributed by atoms with van der Waals surface area (Å²) in [5.41, 5.74) is 1.58. The second-order valence-electron chi connectivity index (χ2n) is 8.12. The first kappa shape index (κ1) is 20.1. The van der Waals surface area contributed by atoms with E-state index in [-0.39, 0.29) is 29.2 Å². The number of carbonyl (C=O) groups is 1. The number of benzene rings is 2. The zero-order chi connectivity index (χ0) is 20.4. The van der Waals surface area contributed by atoms with E-state index in [0.29, 0.717) is 18.8 Å². The van der Waals surface area contributed by atoms with E-state index in [9.17, 15) is 9.18 Å². The molecule has 4 nitrogen and oxygen atoms in total. The first-order chi connectivity index (χ1) is 13.9. The van der Waals surface area contributed by atoms with Gasteiger partial charge in [-0.2, -0.15) is 11.8 Å². The molecule has 4 rings (SSSR count). The topological polar surface area (TPSA) is 38.8 Å². The summed E-state index contributed by atoms with van der Waals surface area (Å²) in [6.07, 6.45) is 1.56. The van der Waals surface area contributed by atoms with Gasteiger partial charge in [-0.15, -0.1) is 0 Å². The number of hydrogen-bond acceptors (Lipinski definition) is 4. The van der Waals surface area contributed by atoms with Crippen LogP contribution in [0.1, 0.15) is 36.6 Å². The van der Waals surface area contributed by atoms with Gasteiger partial charge in [-0.25, -0.2) is 4.39 Å². The van der Waals surface area contributed by atoms with Gasteiger partial charge < -0.3 is 14.4 Å². The van der Waals surface area contributed by atoms with Crippen molar-refractivity contribution in [1.29, 1.82) is 0 Å². The molecule has 2 aliphatic rings. The Bertz CT molecular complexity index is 901. The highest BCUT2D eigenvalue weighted by Gasteiger charge is 2.32. The maximum Gasteiger partial charge on any atom is 0.260 e. The number of nitrogens with zero attached hydrogens (tertiary/aromatic N) is 1. The molecule has 2 heterocycles. The fourth-order valence-corrected chi connectivity index (χ4v) is 5.19. The first-order valence-electron chi connectivity index (χ1n) is 10.0. The van der Waals surface area contributed by atoms with Crippen LogP contribution in [0.15, 0.2) is 42.5 Å². The molecular weight excluding hydrogens is 389 g/mol. The number of rotatable bonds is 4. The molecule has 0 N–H and O–H groups in total. The van der Waals surface area contributed by atoms with E-state index in [4.69, 9.17) is 9.47 Å². The van der Waals surface area contributed by atoms with E-state index in [1.807, 2.05) is 49.1 Å². The van der Waals surface area contributed by atoms with Crippen LogP contribution in [0.4, 0.5) is 4.39 Å². The Balaban J connectivity index is 1.36. The van der Waals surface area contributed by atoms with Crippen LogP contribution in [0, 0.1) is 5.82 Å². The Hall–Kier alpha value is -2.21. The van der Waals surface area contributed by atoms with E-state index in [2.05, 4.69) is 0 Å². The molecule has 0 bridgehead atoms. The average Bonchev–Trinajstić information content (AvgIpc) is 2.86. The molecule has 1 fully saturated rings. The molecule has 6 heteroatoms. The quantitative estimate of drug-likeness (QED) is 0.730. The summed E-state index contributed by atoms with van der Waals surface area (Å²) in [6, 6.07) is 12.7. The third-order valence-corrected chi connectivity index (χ3v) is 6.66. The van der Waals surface area contributed by atoms with Crippen LogP contribution in [0.25, 0.3) is 0 Å². The van der Waals surface area contributed by atoms with Gasteiger partial charge in [-0.05, 0) is 32.4 Å². The number of halogens is 1. The van der Waals surface area contributed by atoms with Crippen molar-refractivity contribution in [2.24, 2.45) is 0 Å². The Morgan fingerprint density at radius 2 is 2.07 bits per heavy atom. The predicted octanol–water partition coefficient (Wildman–Crippen LogP) is 4.62. The maximum atomic E-state index is 14.1. The van der Waals surface area contributed by atoms with Crippen molar-refractivity contribution < 1.29 is 18.7 Å². The molecule has 1 amide bonds. The Kier molecular flexibility index (Phi) is 5.72. The molecule has 0 aliphatic carbocycles. The predicted molar refractivity (Wildman–Crippen MR) is 113 cm³/mol. The van der Waals surface area contributed by atoms with E-state index >= 15 is 0 Å². The summed E-state index contributed by atoms with van der Waals surface area (Å²) >= 11 is 1.71. The molecule has 2 aliphatic heterocycles. The second kappa shape index (κ2) is 8.27. The highest BCUT2D eigenvalue weighted by molar-refractivity contribution is 7.99. The van der Waals surface area contributed by atoms with Gasteiger partial charge in [0.1, 0.15) is 11.4 Å². The van der Waals surface area contributed by atoms with Gasteiger partial charge in [0.15, 0.2) is 18.1 Å². The number of carbonyl (C=O) groups excluding carboxylic acids is 1. The molecule has 1 atom stereocenters. The third kappa shape index (κ3) is 4.53. The lowest BCUT2D eigenvalue weighted by Gasteiger charge is -2.21. The van der Waals surface area contributed by atoms with Crippen LogP contribution in [-0.4, -0.2) is 41.9 Å². The lowest BCUT2D eigenvalue weighted by molar-refractivity contribution is -0.133.